The van der Waals surface area contributed by atoms with Crippen LogP contribution in [-0.2, 0) is 6.61 Å². The highest BCUT2D eigenvalue weighted by Gasteiger charge is 2.06. The van der Waals surface area contributed by atoms with E-state index < -0.39 is 0 Å². The number of hydrogen-bond donors (Lipinski definition) is 0. The molecular weight excluding hydrogens is 306 g/mol. The van der Waals surface area contributed by atoms with Gasteiger partial charge in [-0.25, -0.2) is 0 Å². The number of ether oxygens (including phenoxy) is 1. The fourth-order valence-corrected chi connectivity index (χ4v) is 2.20. The van der Waals surface area contributed by atoms with Crippen LogP contribution in [-0.4, -0.2) is 14.6 Å². The molecule has 4 nitrogen and oxygen atoms in total. The van der Waals surface area contributed by atoms with Gasteiger partial charge in [0.1, 0.15) is 12.4 Å². The highest BCUT2D eigenvalue weighted by atomic mass is 79.9. The molecule has 19 heavy (non-hydrogen) atoms. The number of pyridine rings is 1. The molecule has 5 heteroatoms. The van der Waals surface area contributed by atoms with E-state index in [2.05, 4.69) is 26.1 Å². The predicted molar refractivity (Wildman–Crippen MR) is 76.2 cm³/mol. The first-order valence-corrected chi connectivity index (χ1v) is 6.70. The normalized spacial score (nSPS) is 10.8. The quantitative estimate of drug-likeness (QED) is 0.743. The van der Waals surface area contributed by atoms with Gasteiger partial charge in [-0.1, -0.05) is 12.1 Å². The number of fused-ring (bicyclic) bond motifs is 1. The van der Waals surface area contributed by atoms with Crippen molar-refractivity contribution in [1.29, 1.82) is 0 Å². The maximum absolute atomic E-state index is 5.74. The lowest BCUT2D eigenvalue weighted by Gasteiger charge is -2.05. The first kappa shape index (κ1) is 12.2. The molecule has 0 bridgehead atoms. The van der Waals surface area contributed by atoms with E-state index in [0.29, 0.717) is 6.61 Å². The van der Waals surface area contributed by atoms with E-state index in [1.165, 1.54) is 5.56 Å². The van der Waals surface area contributed by atoms with Crippen molar-refractivity contribution in [1.82, 2.24) is 14.6 Å². The van der Waals surface area contributed by atoms with E-state index in [1.54, 1.807) is 0 Å². The first-order valence-electron chi connectivity index (χ1n) is 5.91. The molecule has 0 N–H and O–H groups in total. The Bertz CT molecular complexity index is 724. The van der Waals surface area contributed by atoms with E-state index in [0.717, 1.165) is 21.7 Å². The number of halogens is 1. The molecular formula is C14H12BrN3O. The third kappa shape index (κ3) is 2.61. The molecule has 2 heterocycles. The third-order valence-electron chi connectivity index (χ3n) is 2.79. The molecule has 0 aliphatic rings. The monoisotopic (exact) mass is 317 g/mol. The second-order valence-corrected chi connectivity index (χ2v) is 5.21. The van der Waals surface area contributed by atoms with Crippen molar-refractivity contribution < 1.29 is 4.74 Å². The molecule has 0 atom stereocenters. The van der Waals surface area contributed by atoms with Crippen LogP contribution in [0.4, 0.5) is 0 Å². The number of aryl methyl sites for hydroxylation is 1. The van der Waals surface area contributed by atoms with E-state index in [-0.39, 0.29) is 0 Å². The molecule has 0 amide bonds. The van der Waals surface area contributed by atoms with Crippen LogP contribution in [0, 0.1) is 6.92 Å². The van der Waals surface area contributed by atoms with E-state index in [4.69, 9.17) is 4.74 Å². The second kappa shape index (κ2) is 5.01. The van der Waals surface area contributed by atoms with Gasteiger partial charge in [-0.3, -0.25) is 4.40 Å². The second-order valence-electron chi connectivity index (χ2n) is 4.30. The SMILES string of the molecule is Cc1cccc(OCc2nnc3ccc(Br)cn23)c1. The summed E-state index contributed by atoms with van der Waals surface area (Å²) in [5.41, 5.74) is 1.98. The number of rotatable bonds is 3. The summed E-state index contributed by atoms with van der Waals surface area (Å²) in [5.74, 6) is 1.62. The van der Waals surface area contributed by atoms with E-state index in [1.807, 2.05) is 53.9 Å². The maximum Gasteiger partial charge on any atom is 0.175 e. The van der Waals surface area contributed by atoms with Crippen molar-refractivity contribution in [2.45, 2.75) is 13.5 Å². The Morgan fingerprint density at radius 2 is 2.11 bits per heavy atom. The number of nitrogens with zero attached hydrogens (tertiary/aromatic N) is 3. The molecule has 0 saturated heterocycles. The van der Waals surface area contributed by atoms with Gasteiger partial charge in [-0.05, 0) is 52.7 Å². The molecule has 0 spiro atoms. The Hall–Kier alpha value is -1.88. The Kier molecular flexibility index (Phi) is 3.21. The zero-order chi connectivity index (χ0) is 13.2. The summed E-state index contributed by atoms with van der Waals surface area (Å²) in [7, 11) is 0. The molecule has 0 aliphatic heterocycles. The topological polar surface area (TPSA) is 39.4 Å². The maximum atomic E-state index is 5.74. The highest BCUT2D eigenvalue weighted by Crippen LogP contribution is 2.16. The molecule has 0 fully saturated rings. The van der Waals surface area contributed by atoms with Gasteiger partial charge in [0.25, 0.3) is 0 Å². The Balaban J connectivity index is 1.84. The van der Waals surface area contributed by atoms with Crippen LogP contribution in [0.1, 0.15) is 11.4 Å². The standard InChI is InChI=1S/C14H12BrN3O/c1-10-3-2-4-12(7-10)19-9-14-17-16-13-6-5-11(15)8-18(13)14/h2-8H,9H2,1H3. The van der Waals surface area contributed by atoms with Gasteiger partial charge in [0, 0.05) is 10.7 Å². The largest absolute Gasteiger partial charge is 0.486 e. The van der Waals surface area contributed by atoms with Crippen LogP contribution in [0.15, 0.2) is 47.1 Å². The van der Waals surface area contributed by atoms with Gasteiger partial charge >= 0.3 is 0 Å². The minimum absolute atomic E-state index is 0.390. The van der Waals surface area contributed by atoms with Gasteiger partial charge in [-0.15, -0.1) is 10.2 Å². The van der Waals surface area contributed by atoms with Gasteiger partial charge in [-0.2, -0.15) is 0 Å². The van der Waals surface area contributed by atoms with Crippen LogP contribution >= 0.6 is 15.9 Å². The van der Waals surface area contributed by atoms with Gasteiger partial charge < -0.3 is 4.74 Å². The predicted octanol–water partition coefficient (Wildman–Crippen LogP) is 3.38. The average molecular weight is 318 g/mol. The van der Waals surface area contributed by atoms with Crippen molar-refractivity contribution in [3.8, 4) is 5.75 Å². The first-order chi connectivity index (χ1) is 9.22. The molecule has 2 aromatic heterocycles. The average Bonchev–Trinajstić information content (AvgIpc) is 2.79. The summed E-state index contributed by atoms with van der Waals surface area (Å²) >= 11 is 3.44. The number of benzene rings is 1. The molecule has 0 aliphatic carbocycles. The van der Waals surface area contributed by atoms with E-state index in [9.17, 15) is 0 Å². The minimum atomic E-state index is 0.390. The zero-order valence-electron chi connectivity index (χ0n) is 10.4. The molecule has 0 saturated carbocycles. The Morgan fingerprint density at radius 1 is 1.21 bits per heavy atom. The van der Waals surface area contributed by atoms with Crippen molar-refractivity contribution >= 4 is 21.6 Å². The van der Waals surface area contributed by atoms with Crippen LogP contribution < -0.4 is 4.74 Å². The van der Waals surface area contributed by atoms with Crippen LogP contribution in [0.2, 0.25) is 0 Å². The van der Waals surface area contributed by atoms with Crippen LogP contribution in [0.25, 0.3) is 5.65 Å². The fraction of sp³-hybridized carbons (Fsp3) is 0.143. The van der Waals surface area contributed by atoms with Crippen molar-refractivity contribution in [2.75, 3.05) is 0 Å². The number of aromatic nitrogens is 3. The summed E-state index contributed by atoms with van der Waals surface area (Å²) < 4.78 is 8.64. The lowest BCUT2D eigenvalue weighted by Crippen LogP contribution is -2.01. The Morgan fingerprint density at radius 3 is 2.95 bits per heavy atom. The Labute approximate surface area is 119 Å². The summed E-state index contributed by atoms with van der Waals surface area (Å²) in [6, 6.07) is 11.8. The minimum Gasteiger partial charge on any atom is -0.486 e. The summed E-state index contributed by atoms with van der Waals surface area (Å²) in [6.45, 7) is 2.43. The zero-order valence-corrected chi connectivity index (χ0v) is 12.0. The molecule has 1 aromatic carbocycles. The lowest BCUT2D eigenvalue weighted by molar-refractivity contribution is 0.294. The van der Waals surface area contributed by atoms with Crippen molar-refractivity contribution in [3.05, 3.63) is 58.5 Å². The summed E-state index contributed by atoms with van der Waals surface area (Å²) in [5, 5.41) is 8.24. The molecule has 3 rings (SSSR count). The molecule has 0 radical (unpaired) electrons. The highest BCUT2D eigenvalue weighted by molar-refractivity contribution is 9.10. The third-order valence-corrected chi connectivity index (χ3v) is 3.26. The van der Waals surface area contributed by atoms with Crippen molar-refractivity contribution in [3.63, 3.8) is 0 Å². The van der Waals surface area contributed by atoms with E-state index >= 15 is 0 Å². The smallest absolute Gasteiger partial charge is 0.175 e. The molecule has 3 aromatic rings. The van der Waals surface area contributed by atoms with Crippen LogP contribution in [0.3, 0.4) is 0 Å². The lowest BCUT2D eigenvalue weighted by atomic mass is 10.2. The van der Waals surface area contributed by atoms with Crippen LogP contribution in [0.5, 0.6) is 5.75 Å². The van der Waals surface area contributed by atoms with Crippen molar-refractivity contribution in [2.24, 2.45) is 0 Å². The van der Waals surface area contributed by atoms with Gasteiger partial charge in [0.05, 0.1) is 0 Å². The molecule has 96 valence electrons. The fourth-order valence-electron chi connectivity index (χ4n) is 1.86. The number of hydrogen-bond acceptors (Lipinski definition) is 3. The van der Waals surface area contributed by atoms with Gasteiger partial charge in [0.15, 0.2) is 11.5 Å². The summed E-state index contributed by atoms with van der Waals surface area (Å²) in [6.07, 6.45) is 1.93. The van der Waals surface area contributed by atoms with Gasteiger partial charge in [0.2, 0.25) is 0 Å². The molecule has 0 unspecified atom stereocenters. The summed E-state index contributed by atoms with van der Waals surface area (Å²) in [4.78, 5) is 0.